The van der Waals surface area contributed by atoms with Gasteiger partial charge in [-0.2, -0.15) is 4.98 Å². The first-order valence-corrected chi connectivity index (χ1v) is 7.78. The minimum atomic E-state index is -0.0576. The number of carbonyl (C=O) groups excluding carboxylic acids is 1. The number of hydrogen-bond donors (Lipinski definition) is 0. The number of aromatic nitrogens is 3. The highest BCUT2D eigenvalue weighted by Crippen LogP contribution is 2.29. The topological polar surface area (TPSA) is 81.4 Å². The molecule has 2 aromatic heterocycles. The summed E-state index contributed by atoms with van der Waals surface area (Å²) in [4.78, 5) is 23.1. The van der Waals surface area contributed by atoms with Gasteiger partial charge in [-0.3, -0.25) is 4.79 Å². The normalized spacial score (nSPS) is 17.5. The Bertz CT molecular complexity index is 713. The van der Waals surface area contributed by atoms with E-state index in [1.54, 1.807) is 18.0 Å². The lowest BCUT2D eigenvalue weighted by molar-refractivity contribution is 0.0783. The van der Waals surface area contributed by atoms with Gasteiger partial charge in [0.05, 0.1) is 12.5 Å². The average Bonchev–Trinajstić information content (AvgIpc) is 3.16. The molecule has 1 fully saturated rings. The summed E-state index contributed by atoms with van der Waals surface area (Å²) < 4.78 is 10.7. The van der Waals surface area contributed by atoms with Gasteiger partial charge in [0.25, 0.3) is 5.91 Å². The molecule has 0 aliphatic carbocycles. The highest BCUT2D eigenvalue weighted by atomic mass is 16.5. The molecule has 1 aliphatic heterocycles. The van der Waals surface area contributed by atoms with E-state index in [0.29, 0.717) is 42.9 Å². The Morgan fingerprint density at radius 1 is 1.48 bits per heavy atom. The molecule has 2 aromatic rings. The zero-order valence-corrected chi connectivity index (χ0v) is 13.6. The van der Waals surface area contributed by atoms with Crippen LogP contribution in [-0.2, 0) is 0 Å². The Morgan fingerprint density at radius 2 is 2.30 bits per heavy atom. The Morgan fingerprint density at radius 3 is 3.00 bits per heavy atom. The van der Waals surface area contributed by atoms with Gasteiger partial charge in [-0.05, 0) is 38.8 Å². The Labute approximate surface area is 134 Å². The second-order valence-corrected chi connectivity index (χ2v) is 5.66. The first-order chi connectivity index (χ1) is 11.1. The lowest BCUT2D eigenvalue weighted by atomic mass is 10.1. The molecular weight excluding hydrogens is 296 g/mol. The van der Waals surface area contributed by atoms with Crippen LogP contribution in [-0.4, -0.2) is 45.6 Å². The second kappa shape index (κ2) is 6.36. The zero-order valence-electron chi connectivity index (χ0n) is 13.6. The summed E-state index contributed by atoms with van der Waals surface area (Å²) in [6.45, 7) is 7.26. The number of aryl methyl sites for hydroxylation is 2. The van der Waals surface area contributed by atoms with Gasteiger partial charge >= 0.3 is 0 Å². The molecule has 0 N–H and O–H groups in total. The second-order valence-electron chi connectivity index (χ2n) is 5.66. The summed E-state index contributed by atoms with van der Waals surface area (Å²) in [5, 5.41) is 3.82. The number of rotatable bonds is 4. The number of hydrogen-bond acceptors (Lipinski definition) is 6. The minimum absolute atomic E-state index is 0.0576. The summed E-state index contributed by atoms with van der Waals surface area (Å²) in [6.07, 6.45) is 2.47. The maximum atomic E-state index is 12.9. The van der Waals surface area contributed by atoms with E-state index in [0.717, 1.165) is 12.0 Å². The fraction of sp³-hybridized carbons (Fsp3) is 0.500. The molecule has 0 unspecified atom stereocenters. The van der Waals surface area contributed by atoms with Crippen LogP contribution in [0.5, 0.6) is 5.88 Å². The van der Waals surface area contributed by atoms with Crippen molar-refractivity contribution in [3.05, 3.63) is 35.1 Å². The van der Waals surface area contributed by atoms with Gasteiger partial charge in [-0.1, -0.05) is 5.16 Å². The number of pyridine rings is 1. The third kappa shape index (κ3) is 3.04. The lowest BCUT2D eigenvalue weighted by Crippen LogP contribution is -2.29. The van der Waals surface area contributed by atoms with Crippen LogP contribution >= 0.6 is 0 Å². The third-order valence-electron chi connectivity index (χ3n) is 3.99. The van der Waals surface area contributed by atoms with Gasteiger partial charge in [-0.15, -0.1) is 0 Å². The van der Waals surface area contributed by atoms with Crippen molar-refractivity contribution in [2.45, 2.75) is 33.1 Å². The van der Waals surface area contributed by atoms with E-state index < -0.39 is 0 Å². The number of nitrogens with zero attached hydrogens (tertiary/aromatic N) is 4. The van der Waals surface area contributed by atoms with Crippen LogP contribution in [0.4, 0.5) is 0 Å². The molecule has 0 bridgehead atoms. The van der Waals surface area contributed by atoms with E-state index in [-0.39, 0.29) is 11.8 Å². The number of ether oxygens (including phenoxy) is 1. The molecule has 1 aliphatic rings. The van der Waals surface area contributed by atoms with E-state index in [2.05, 4.69) is 15.1 Å². The Hall–Kier alpha value is -2.44. The largest absolute Gasteiger partial charge is 0.477 e. The van der Waals surface area contributed by atoms with Crippen molar-refractivity contribution in [1.29, 1.82) is 0 Å². The minimum Gasteiger partial charge on any atom is -0.477 e. The van der Waals surface area contributed by atoms with Crippen molar-refractivity contribution in [2.24, 2.45) is 0 Å². The predicted octanol–water partition coefficient (Wildman–Crippen LogP) is 2.11. The molecule has 7 nitrogen and oxygen atoms in total. The smallest absolute Gasteiger partial charge is 0.259 e. The van der Waals surface area contributed by atoms with Crippen molar-refractivity contribution in [3.63, 3.8) is 0 Å². The standard InChI is InChI=1S/C16H20N4O3/c1-4-22-15-13(10(2)5-7-17-15)16(21)20-8-6-12(9-20)14-18-11(3)19-23-14/h5,7,12H,4,6,8-9H2,1-3H3/t12-/m1/s1. The summed E-state index contributed by atoms with van der Waals surface area (Å²) in [6, 6.07) is 1.82. The van der Waals surface area contributed by atoms with Crippen molar-refractivity contribution >= 4 is 5.91 Å². The van der Waals surface area contributed by atoms with Crippen molar-refractivity contribution in [1.82, 2.24) is 20.0 Å². The van der Waals surface area contributed by atoms with E-state index >= 15 is 0 Å². The van der Waals surface area contributed by atoms with Gasteiger partial charge in [0.15, 0.2) is 5.82 Å². The van der Waals surface area contributed by atoms with E-state index in [1.165, 1.54) is 0 Å². The molecule has 0 aromatic carbocycles. The van der Waals surface area contributed by atoms with Crippen LogP contribution in [0.2, 0.25) is 0 Å². The van der Waals surface area contributed by atoms with Gasteiger partial charge in [-0.25, -0.2) is 4.98 Å². The lowest BCUT2D eigenvalue weighted by Gasteiger charge is -2.19. The molecule has 23 heavy (non-hydrogen) atoms. The summed E-state index contributed by atoms with van der Waals surface area (Å²) >= 11 is 0. The van der Waals surface area contributed by atoms with Crippen LogP contribution < -0.4 is 4.74 Å². The number of amides is 1. The number of likely N-dealkylation sites (tertiary alicyclic amines) is 1. The molecule has 0 radical (unpaired) electrons. The highest BCUT2D eigenvalue weighted by Gasteiger charge is 2.33. The van der Waals surface area contributed by atoms with Gasteiger partial charge < -0.3 is 14.2 Å². The molecule has 7 heteroatoms. The third-order valence-corrected chi connectivity index (χ3v) is 3.99. The molecule has 0 spiro atoms. The van der Waals surface area contributed by atoms with Crippen molar-refractivity contribution in [3.8, 4) is 5.88 Å². The molecular formula is C16H20N4O3. The van der Waals surface area contributed by atoms with E-state index in [9.17, 15) is 4.79 Å². The van der Waals surface area contributed by atoms with Crippen molar-refractivity contribution in [2.75, 3.05) is 19.7 Å². The molecule has 3 heterocycles. The van der Waals surface area contributed by atoms with E-state index in [1.807, 2.05) is 19.9 Å². The maximum absolute atomic E-state index is 12.9. The average molecular weight is 316 g/mol. The van der Waals surface area contributed by atoms with Crippen LogP contribution in [0.15, 0.2) is 16.8 Å². The Balaban J connectivity index is 1.79. The molecule has 1 amide bonds. The fourth-order valence-corrected chi connectivity index (χ4v) is 2.82. The van der Waals surface area contributed by atoms with Crippen LogP contribution in [0.25, 0.3) is 0 Å². The van der Waals surface area contributed by atoms with Gasteiger partial charge in [0.1, 0.15) is 5.56 Å². The zero-order chi connectivity index (χ0) is 16.4. The molecule has 1 atom stereocenters. The molecule has 1 saturated heterocycles. The summed E-state index contributed by atoms with van der Waals surface area (Å²) in [5.41, 5.74) is 1.40. The Kier molecular flexibility index (Phi) is 4.27. The first-order valence-electron chi connectivity index (χ1n) is 7.78. The van der Waals surface area contributed by atoms with Crippen LogP contribution in [0.3, 0.4) is 0 Å². The van der Waals surface area contributed by atoms with Crippen molar-refractivity contribution < 1.29 is 14.1 Å². The monoisotopic (exact) mass is 316 g/mol. The predicted molar refractivity (Wildman–Crippen MR) is 82.4 cm³/mol. The first kappa shape index (κ1) is 15.5. The fourth-order valence-electron chi connectivity index (χ4n) is 2.82. The maximum Gasteiger partial charge on any atom is 0.259 e. The summed E-state index contributed by atoms with van der Waals surface area (Å²) in [5.74, 6) is 1.65. The summed E-state index contributed by atoms with van der Waals surface area (Å²) in [7, 11) is 0. The highest BCUT2D eigenvalue weighted by molar-refractivity contribution is 5.98. The molecule has 122 valence electrons. The molecule has 0 saturated carbocycles. The van der Waals surface area contributed by atoms with Crippen LogP contribution in [0, 0.1) is 13.8 Å². The van der Waals surface area contributed by atoms with Gasteiger partial charge in [0, 0.05) is 19.3 Å². The quantitative estimate of drug-likeness (QED) is 0.859. The number of carbonyl (C=O) groups is 1. The SMILES string of the molecule is CCOc1nccc(C)c1C(=O)N1CC[C@@H](c2nc(C)no2)C1. The van der Waals surface area contributed by atoms with Crippen LogP contribution in [0.1, 0.15) is 46.9 Å². The van der Waals surface area contributed by atoms with E-state index in [4.69, 9.17) is 9.26 Å². The molecule has 3 rings (SSSR count). The van der Waals surface area contributed by atoms with Gasteiger partial charge in [0.2, 0.25) is 11.8 Å².